The number of halogens is 2. The molecule has 6 nitrogen and oxygen atoms in total. The fourth-order valence-corrected chi connectivity index (χ4v) is 3.38. The van der Waals surface area contributed by atoms with Crippen LogP contribution in [0.4, 0.5) is 18.7 Å². The molecule has 126 valence electrons. The van der Waals surface area contributed by atoms with Crippen LogP contribution in [0, 0.1) is 11.6 Å². The van der Waals surface area contributed by atoms with E-state index in [9.17, 15) is 18.4 Å². The van der Waals surface area contributed by atoms with Crippen molar-refractivity contribution < 1.29 is 23.1 Å². The van der Waals surface area contributed by atoms with Gasteiger partial charge in [-0.3, -0.25) is 10.1 Å². The third-order valence-electron chi connectivity index (χ3n) is 3.58. The Balaban J connectivity index is 1.75. The average Bonchev–Trinajstić information content (AvgIpc) is 2.97. The molecule has 0 aliphatic carbocycles. The van der Waals surface area contributed by atoms with Gasteiger partial charge in [-0.15, -0.1) is 0 Å². The summed E-state index contributed by atoms with van der Waals surface area (Å²) < 4.78 is 30.8. The summed E-state index contributed by atoms with van der Waals surface area (Å²) in [4.78, 5) is 30.3. The highest BCUT2D eigenvalue weighted by molar-refractivity contribution is 7.15. The zero-order chi connectivity index (χ0) is 17.3. The summed E-state index contributed by atoms with van der Waals surface area (Å²) in [5, 5.41) is 2.89. The first-order valence-corrected chi connectivity index (χ1v) is 7.87. The van der Waals surface area contributed by atoms with Gasteiger partial charge in [0.2, 0.25) is 0 Å². The number of fused-ring (bicyclic) bond motifs is 1. The molecule has 0 spiro atoms. The maximum Gasteiger partial charge on any atom is 0.413 e. The molecule has 3 rings (SSSR count). The van der Waals surface area contributed by atoms with Gasteiger partial charge in [0.15, 0.2) is 16.8 Å². The number of benzene rings is 1. The highest BCUT2D eigenvalue weighted by Gasteiger charge is 2.25. The number of carbonyl (C=O) groups excluding carboxylic acids is 2. The van der Waals surface area contributed by atoms with Crippen LogP contribution in [0.2, 0.25) is 0 Å². The number of thiazole rings is 1. The van der Waals surface area contributed by atoms with E-state index in [0.29, 0.717) is 24.6 Å². The van der Waals surface area contributed by atoms with Gasteiger partial charge >= 0.3 is 6.09 Å². The standard InChI is InChI=1S/C15H13F2N3O3S/c1-23-15(22)19-14-18-11-4-5-20(7-12(11)24-14)13(21)8-2-3-9(16)10(17)6-8/h2-3,6H,4-5,7H2,1H3,(H,18,19,22). The van der Waals surface area contributed by atoms with Crippen LogP contribution >= 0.6 is 11.3 Å². The van der Waals surface area contributed by atoms with Gasteiger partial charge in [-0.25, -0.2) is 18.6 Å². The summed E-state index contributed by atoms with van der Waals surface area (Å²) in [6.45, 7) is 0.708. The molecule has 24 heavy (non-hydrogen) atoms. The summed E-state index contributed by atoms with van der Waals surface area (Å²) >= 11 is 1.25. The number of hydrogen-bond donors (Lipinski definition) is 1. The van der Waals surface area contributed by atoms with Crippen LogP contribution < -0.4 is 5.32 Å². The number of nitrogens with one attached hydrogen (secondary N) is 1. The van der Waals surface area contributed by atoms with Gasteiger partial charge in [0.05, 0.1) is 19.3 Å². The van der Waals surface area contributed by atoms with Gasteiger partial charge in [-0.2, -0.15) is 0 Å². The Morgan fingerprint density at radius 1 is 1.33 bits per heavy atom. The van der Waals surface area contributed by atoms with Gasteiger partial charge in [-0.1, -0.05) is 11.3 Å². The molecule has 2 heterocycles. The van der Waals surface area contributed by atoms with Crippen LogP contribution in [-0.4, -0.2) is 35.5 Å². The molecular weight excluding hydrogens is 340 g/mol. The Morgan fingerprint density at radius 2 is 2.12 bits per heavy atom. The second-order valence-corrected chi connectivity index (χ2v) is 6.19. The molecule has 0 unspecified atom stereocenters. The first kappa shape index (κ1) is 16.3. The lowest BCUT2D eigenvalue weighted by atomic mass is 10.1. The number of rotatable bonds is 2. The minimum atomic E-state index is -1.05. The fourth-order valence-electron chi connectivity index (χ4n) is 2.37. The number of anilines is 1. The molecule has 9 heteroatoms. The molecule has 0 radical (unpaired) electrons. The smallest absolute Gasteiger partial charge is 0.413 e. The molecule has 0 atom stereocenters. The molecular formula is C15H13F2N3O3S. The molecule has 2 aromatic rings. The first-order chi connectivity index (χ1) is 11.5. The van der Waals surface area contributed by atoms with E-state index in [0.717, 1.165) is 22.7 Å². The second kappa shape index (κ2) is 6.52. The predicted octanol–water partition coefficient (Wildman–Crippen LogP) is 2.80. The molecule has 1 N–H and O–H groups in total. The van der Waals surface area contributed by atoms with Gasteiger partial charge < -0.3 is 9.64 Å². The summed E-state index contributed by atoms with van der Waals surface area (Å²) in [5.41, 5.74) is 0.899. The third-order valence-corrected chi connectivity index (χ3v) is 4.58. The van der Waals surface area contributed by atoms with Crippen LogP contribution in [0.15, 0.2) is 18.2 Å². The van der Waals surface area contributed by atoms with Crippen LogP contribution in [-0.2, 0) is 17.7 Å². The van der Waals surface area contributed by atoms with Gasteiger partial charge in [0.25, 0.3) is 5.91 Å². The van der Waals surface area contributed by atoms with Gasteiger partial charge in [-0.05, 0) is 18.2 Å². The van der Waals surface area contributed by atoms with Crippen molar-refractivity contribution in [3.63, 3.8) is 0 Å². The molecule has 0 bridgehead atoms. The Kier molecular flexibility index (Phi) is 4.43. The fraction of sp³-hybridized carbons (Fsp3) is 0.267. The zero-order valence-corrected chi connectivity index (χ0v) is 13.5. The monoisotopic (exact) mass is 353 g/mol. The summed E-state index contributed by atoms with van der Waals surface area (Å²) in [6.07, 6.45) is -0.0970. The number of methoxy groups -OCH3 is 1. The largest absolute Gasteiger partial charge is 0.453 e. The topological polar surface area (TPSA) is 71.5 Å². The lowest BCUT2D eigenvalue weighted by Crippen LogP contribution is -2.35. The number of amides is 2. The minimum absolute atomic E-state index is 0.0924. The van der Waals surface area contributed by atoms with E-state index in [1.807, 2.05) is 0 Å². The van der Waals surface area contributed by atoms with Gasteiger partial charge in [0.1, 0.15) is 0 Å². The van der Waals surface area contributed by atoms with E-state index < -0.39 is 17.7 Å². The van der Waals surface area contributed by atoms with Crippen molar-refractivity contribution in [1.29, 1.82) is 0 Å². The van der Waals surface area contributed by atoms with Crippen molar-refractivity contribution in [3.8, 4) is 0 Å². The highest BCUT2D eigenvalue weighted by Crippen LogP contribution is 2.29. The quantitative estimate of drug-likeness (QED) is 0.901. The maximum absolute atomic E-state index is 13.3. The van der Waals surface area contributed by atoms with Crippen molar-refractivity contribution in [1.82, 2.24) is 9.88 Å². The van der Waals surface area contributed by atoms with Crippen molar-refractivity contribution in [3.05, 3.63) is 46.0 Å². The Bertz CT molecular complexity index is 809. The Morgan fingerprint density at radius 3 is 2.83 bits per heavy atom. The van der Waals surface area contributed by atoms with Crippen LogP contribution in [0.1, 0.15) is 20.9 Å². The van der Waals surface area contributed by atoms with Crippen molar-refractivity contribution in [2.45, 2.75) is 13.0 Å². The van der Waals surface area contributed by atoms with Crippen LogP contribution in [0.25, 0.3) is 0 Å². The molecule has 1 aromatic carbocycles. The molecule has 0 saturated heterocycles. The lowest BCUT2D eigenvalue weighted by Gasteiger charge is -2.26. The van der Waals surface area contributed by atoms with Gasteiger partial charge in [0, 0.05) is 23.4 Å². The van der Waals surface area contributed by atoms with Crippen molar-refractivity contribution >= 4 is 28.5 Å². The molecule has 1 aliphatic heterocycles. The number of hydrogen-bond acceptors (Lipinski definition) is 5. The molecule has 1 aliphatic rings. The highest BCUT2D eigenvalue weighted by atomic mass is 32.1. The number of ether oxygens (including phenoxy) is 1. The van der Waals surface area contributed by atoms with Crippen molar-refractivity contribution in [2.75, 3.05) is 19.0 Å². The average molecular weight is 353 g/mol. The van der Waals surface area contributed by atoms with E-state index in [1.54, 1.807) is 0 Å². The van der Waals surface area contributed by atoms with E-state index >= 15 is 0 Å². The first-order valence-electron chi connectivity index (χ1n) is 7.06. The predicted molar refractivity (Wildman–Crippen MR) is 82.9 cm³/mol. The molecule has 2 amide bonds. The maximum atomic E-state index is 13.3. The van der Waals surface area contributed by atoms with Crippen LogP contribution in [0.5, 0.6) is 0 Å². The molecule has 0 saturated carbocycles. The molecule has 1 aromatic heterocycles. The van der Waals surface area contributed by atoms with Crippen molar-refractivity contribution in [2.24, 2.45) is 0 Å². The Hall–Kier alpha value is -2.55. The zero-order valence-electron chi connectivity index (χ0n) is 12.6. The van der Waals surface area contributed by atoms with E-state index in [1.165, 1.54) is 29.4 Å². The SMILES string of the molecule is COC(=O)Nc1nc2c(s1)CN(C(=O)c1ccc(F)c(F)c1)CC2. The van der Waals surface area contributed by atoms with Crippen LogP contribution in [0.3, 0.4) is 0 Å². The summed E-state index contributed by atoms with van der Waals surface area (Å²) in [6, 6.07) is 3.08. The number of nitrogens with zero attached hydrogens (tertiary/aromatic N) is 2. The van der Waals surface area contributed by atoms with E-state index in [4.69, 9.17) is 0 Å². The summed E-state index contributed by atoms with van der Waals surface area (Å²) in [5.74, 6) is -2.43. The minimum Gasteiger partial charge on any atom is -0.453 e. The Labute approximate surface area is 140 Å². The summed E-state index contributed by atoms with van der Waals surface area (Å²) in [7, 11) is 1.26. The third kappa shape index (κ3) is 3.21. The normalized spacial score (nSPS) is 13.4. The molecule has 0 fully saturated rings. The van der Waals surface area contributed by atoms with E-state index in [-0.39, 0.29) is 11.5 Å². The number of carbonyl (C=O) groups is 2. The lowest BCUT2D eigenvalue weighted by molar-refractivity contribution is 0.0735. The number of aromatic nitrogens is 1. The van der Waals surface area contributed by atoms with E-state index in [2.05, 4.69) is 15.0 Å². The second-order valence-electron chi connectivity index (χ2n) is 5.11.